The van der Waals surface area contributed by atoms with Gasteiger partial charge in [-0.15, -0.1) is 11.6 Å². The van der Waals surface area contributed by atoms with Crippen LogP contribution in [0.1, 0.15) is 11.1 Å². The zero-order valence-corrected chi connectivity index (χ0v) is 13.3. The minimum absolute atomic E-state index is 0.423. The Labute approximate surface area is 126 Å². The fourth-order valence-corrected chi connectivity index (χ4v) is 3.38. The van der Waals surface area contributed by atoms with Gasteiger partial charge in [-0.25, -0.2) is 0 Å². The predicted octanol–water partition coefficient (Wildman–Crippen LogP) is 4.27. The average molecular weight is 307 g/mol. The van der Waals surface area contributed by atoms with Crippen molar-refractivity contribution >= 4 is 20.2 Å². The molecular weight excluding hydrogens is 288 g/mol. The molecule has 0 spiro atoms. The van der Waals surface area contributed by atoms with Crippen molar-refractivity contribution in [2.24, 2.45) is 0 Å². The summed E-state index contributed by atoms with van der Waals surface area (Å²) in [5, 5.41) is 0. The van der Waals surface area contributed by atoms with Gasteiger partial charge in [0, 0.05) is 0 Å². The van der Waals surface area contributed by atoms with Crippen LogP contribution in [0.5, 0.6) is 0 Å². The van der Waals surface area contributed by atoms with E-state index in [9.17, 15) is 0 Å². The molecule has 0 aliphatic heterocycles. The predicted molar refractivity (Wildman–Crippen MR) is 84.8 cm³/mol. The molecule has 2 aromatic carbocycles. The summed E-state index contributed by atoms with van der Waals surface area (Å²) in [5.74, 6) is 0. The first-order valence-corrected chi connectivity index (χ1v) is 9.69. The molecule has 0 heterocycles. The molecule has 0 saturated carbocycles. The molecule has 0 aliphatic carbocycles. The number of halogens is 1. The second-order valence-corrected chi connectivity index (χ2v) is 8.73. The van der Waals surface area contributed by atoms with E-state index in [0.29, 0.717) is 18.7 Å². The largest absolute Gasteiger partial charge is 0.389 e. The molecule has 0 aromatic heterocycles. The Kier molecular flexibility index (Phi) is 5.80. The minimum Gasteiger partial charge on any atom is -0.389 e. The van der Waals surface area contributed by atoms with Crippen molar-refractivity contribution in [1.82, 2.24) is 0 Å². The van der Waals surface area contributed by atoms with Crippen molar-refractivity contribution in [3.8, 4) is 0 Å². The quantitative estimate of drug-likeness (QED) is 0.562. The molecule has 0 fully saturated rings. The zero-order chi connectivity index (χ0) is 14.3. The lowest BCUT2D eigenvalue weighted by Gasteiger charge is -2.25. The second-order valence-electron chi connectivity index (χ2n) is 4.82. The van der Waals surface area contributed by atoms with Crippen molar-refractivity contribution in [1.29, 1.82) is 0 Å². The van der Waals surface area contributed by atoms with Gasteiger partial charge in [-0.05, 0) is 17.7 Å². The third-order valence-corrected chi connectivity index (χ3v) is 6.47. The van der Waals surface area contributed by atoms with E-state index in [2.05, 4.69) is 0 Å². The average Bonchev–Trinajstić information content (AvgIpc) is 2.53. The zero-order valence-electron chi connectivity index (χ0n) is 11.6. The molecule has 2 nitrogen and oxygen atoms in total. The van der Waals surface area contributed by atoms with Crippen LogP contribution in [0.15, 0.2) is 60.7 Å². The summed E-state index contributed by atoms with van der Waals surface area (Å²) < 4.78 is 11.9. The number of rotatable bonds is 7. The van der Waals surface area contributed by atoms with Crippen LogP contribution in [-0.2, 0) is 22.1 Å². The van der Waals surface area contributed by atoms with E-state index in [4.69, 9.17) is 20.5 Å². The highest BCUT2D eigenvalue weighted by Crippen LogP contribution is 2.15. The first kappa shape index (κ1) is 15.3. The third-order valence-electron chi connectivity index (χ3n) is 3.02. The molecule has 0 amide bonds. The molecule has 0 aliphatic rings. The Balaban J connectivity index is 1.88. The Morgan fingerprint density at radius 1 is 0.800 bits per heavy atom. The highest BCUT2D eigenvalue weighted by Gasteiger charge is 2.30. The van der Waals surface area contributed by atoms with Gasteiger partial charge in [0.1, 0.15) is 0 Å². The molecule has 0 atom stereocenters. The highest BCUT2D eigenvalue weighted by atomic mass is 35.5. The molecule has 0 radical (unpaired) electrons. The first-order chi connectivity index (χ1) is 9.72. The summed E-state index contributed by atoms with van der Waals surface area (Å²) in [6.45, 7) is 3.10. The first-order valence-electron chi connectivity index (χ1n) is 6.63. The topological polar surface area (TPSA) is 18.5 Å². The van der Waals surface area contributed by atoms with Crippen LogP contribution < -0.4 is 0 Å². The summed E-state index contributed by atoms with van der Waals surface area (Å²) in [5.41, 5.74) is 2.70. The summed E-state index contributed by atoms with van der Waals surface area (Å²) in [7, 11) is -2.32. The van der Waals surface area contributed by atoms with Crippen LogP contribution in [0.25, 0.3) is 0 Å². The lowest BCUT2D eigenvalue weighted by molar-refractivity contribution is 0.163. The van der Waals surface area contributed by atoms with Gasteiger partial charge >= 0.3 is 8.56 Å². The van der Waals surface area contributed by atoms with Crippen molar-refractivity contribution in [2.75, 3.05) is 5.50 Å². The third kappa shape index (κ3) is 4.76. The molecule has 20 heavy (non-hydrogen) atoms. The maximum absolute atomic E-state index is 6.05. The van der Waals surface area contributed by atoms with Crippen molar-refractivity contribution in [3.63, 3.8) is 0 Å². The number of alkyl halides is 1. The summed E-state index contributed by atoms with van der Waals surface area (Å²) >= 11 is 6.05. The lowest BCUT2D eigenvalue weighted by atomic mass is 10.2. The molecule has 2 rings (SSSR count). The van der Waals surface area contributed by atoms with Crippen LogP contribution in [0, 0.1) is 0 Å². The van der Waals surface area contributed by atoms with Crippen LogP contribution in [0.3, 0.4) is 0 Å². The van der Waals surface area contributed by atoms with Gasteiger partial charge < -0.3 is 8.85 Å². The van der Waals surface area contributed by atoms with Crippen molar-refractivity contribution < 1.29 is 8.85 Å². The van der Waals surface area contributed by atoms with E-state index in [1.807, 2.05) is 67.2 Å². The number of hydrogen-bond acceptors (Lipinski definition) is 2. The molecule has 106 valence electrons. The fraction of sp³-hybridized carbons (Fsp3) is 0.250. The molecule has 0 N–H and O–H groups in total. The van der Waals surface area contributed by atoms with Gasteiger partial charge in [0.05, 0.1) is 18.7 Å². The molecule has 0 saturated heterocycles. The van der Waals surface area contributed by atoms with E-state index in [1.165, 1.54) is 0 Å². The second kappa shape index (κ2) is 7.60. The summed E-state index contributed by atoms with van der Waals surface area (Å²) in [6.07, 6.45) is 0. The number of hydrogen-bond donors (Lipinski definition) is 0. The Bertz CT molecular complexity index is 461. The van der Waals surface area contributed by atoms with Gasteiger partial charge in [0.15, 0.2) is 0 Å². The molecule has 2 aromatic rings. The van der Waals surface area contributed by atoms with Gasteiger partial charge in [0.2, 0.25) is 0 Å². The van der Waals surface area contributed by atoms with Crippen molar-refractivity contribution in [3.05, 3.63) is 71.8 Å². The normalized spacial score (nSPS) is 11.5. The summed E-state index contributed by atoms with van der Waals surface area (Å²) in [6, 6.07) is 20.2. The minimum atomic E-state index is -2.32. The number of benzene rings is 2. The Morgan fingerprint density at radius 2 is 1.20 bits per heavy atom. The van der Waals surface area contributed by atoms with E-state index < -0.39 is 8.56 Å². The molecule has 0 unspecified atom stereocenters. The van der Waals surface area contributed by atoms with Crippen LogP contribution >= 0.6 is 11.6 Å². The maximum atomic E-state index is 6.05. The molecular formula is C16H19ClO2Si. The van der Waals surface area contributed by atoms with Gasteiger partial charge in [-0.1, -0.05) is 60.7 Å². The van der Waals surface area contributed by atoms with Crippen molar-refractivity contribution in [2.45, 2.75) is 19.8 Å². The maximum Gasteiger partial charge on any atom is 0.350 e. The standard InChI is InChI=1S/C16H19ClO2Si/c1-20(14-17,18-12-15-8-4-2-5-9-15)19-13-16-10-6-3-7-11-16/h2-11H,12-14H2,1H3. The van der Waals surface area contributed by atoms with E-state index >= 15 is 0 Å². The molecule has 4 heteroatoms. The fourth-order valence-electron chi connectivity index (χ4n) is 1.74. The lowest BCUT2D eigenvalue weighted by Crippen LogP contribution is -2.41. The molecule has 0 bridgehead atoms. The van der Waals surface area contributed by atoms with Crippen LogP contribution in [-0.4, -0.2) is 14.1 Å². The monoisotopic (exact) mass is 306 g/mol. The Morgan fingerprint density at radius 3 is 1.55 bits per heavy atom. The highest BCUT2D eigenvalue weighted by molar-refractivity contribution is 6.73. The smallest absolute Gasteiger partial charge is 0.350 e. The van der Waals surface area contributed by atoms with E-state index in [0.717, 1.165) is 11.1 Å². The van der Waals surface area contributed by atoms with Gasteiger partial charge in [-0.3, -0.25) is 0 Å². The van der Waals surface area contributed by atoms with E-state index in [-0.39, 0.29) is 0 Å². The SMILES string of the molecule is C[Si](CCl)(OCc1ccccc1)OCc1ccccc1. The van der Waals surface area contributed by atoms with Crippen LogP contribution in [0.2, 0.25) is 6.55 Å². The van der Waals surface area contributed by atoms with Gasteiger partial charge in [0.25, 0.3) is 0 Å². The summed E-state index contributed by atoms with van der Waals surface area (Å²) in [4.78, 5) is 0. The van der Waals surface area contributed by atoms with Crippen LogP contribution in [0.4, 0.5) is 0 Å². The Hall–Kier alpha value is -1.13. The van der Waals surface area contributed by atoms with E-state index in [1.54, 1.807) is 0 Å². The van der Waals surface area contributed by atoms with Gasteiger partial charge in [-0.2, -0.15) is 0 Å².